The molecule has 0 radical (unpaired) electrons. The van der Waals surface area contributed by atoms with Crippen LogP contribution in [0.1, 0.15) is 34.6 Å². The van der Waals surface area contributed by atoms with Gasteiger partial charge >= 0.3 is 5.69 Å². The summed E-state index contributed by atoms with van der Waals surface area (Å²) in [6.45, 7) is 1.82. The summed E-state index contributed by atoms with van der Waals surface area (Å²) in [5.74, 6) is -1.47. The fraction of sp³-hybridized carbons (Fsp3) is 0.120. The highest BCUT2D eigenvalue weighted by Crippen LogP contribution is 2.15. The first-order valence-electron chi connectivity index (χ1n) is 10.3. The van der Waals surface area contributed by atoms with Gasteiger partial charge in [-0.2, -0.15) is 9.78 Å². The van der Waals surface area contributed by atoms with Crippen LogP contribution in [0.4, 0.5) is 4.39 Å². The Hall–Kier alpha value is -4.33. The van der Waals surface area contributed by atoms with Crippen molar-refractivity contribution >= 4 is 5.91 Å². The van der Waals surface area contributed by atoms with Crippen LogP contribution in [0.3, 0.4) is 0 Å². The number of rotatable bonds is 6. The van der Waals surface area contributed by atoms with Crippen LogP contribution in [0, 0.1) is 5.82 Å². The number of nitrogens with zero attached hydrogens (tertiary/aromatic N) is 3. The van der Waals surface area contributed by atoms with E-state index in [4.69, 9.17) is 0 Å². The number of aromatic nitrogens is 3. The van der Waals surface area contributed by atoms with Gasteiger partial charge in [-0.1, -0.05) is 72.8 Å². The van der Waals surface area contributed by atoms with E-state index in [0.29, 0.717) is 5.56 Å². The van der Waals surface area contributed by atoms with Crippen molar-refractivity contribution in [3.63, 3.8) is 0 Å². The van der Waals surface area contributed by atoms with Crippen molar-refractivity contribution in [3.05, 3.63) is 128 Å². The van der Waals surface area contributed by atoms with E-state index >= 15 is 0 Å². The summed E-state index contributed by atoms with van der Waals surface area (Å²) < 4.78 is 16.2. The molecule has 0 saturated carbocycles. The second-order valence-electron chi connectivity index (χ2n) is 7.42. The third-order valence-corrected chi connectivity index (χ3v) is 5.27. The molecule has 0 unspecified atom stereocenters. The number of benzene rings is 3. The van der Waals surface area contributed by atoms with Crippen LogP contribution in [-0.2, 0) is 6.54 Å². The zero-order chi connectivity index (χ0) is 23.4. The molecule has 0 fully saturated rings. The molecular formula is C25H21FN4O3. The Bertz CT molecular complexity index is 1400. The van der Waals surface area contributed by atoms with Gasteiger partial charge < -0.3 is 5.32 Å². The summed E-state index contributed by atoms with van der Waals surface area (Å²) >= 11 is 0. The first-order valence-corrected chi connectivity index (χ1v) is 10.3. The summed E-state index contributed by atoms with van der Waals surface area (Å²) in [5.41, 5.74) is -0.856. The molecule has 0 aliphatic carbocycles. The average Bonchev–Trinajstić information content (AvgIpc) is 2.84. The Morgan fingerprint density at radius 1 is 0.939 bits per heavy atom. The molecule has 4 aromatic rings. The van der Waals surface area contributed by atoms with Gasteiger partial charge in [0.15, 0.2) is 0 Å². The highest BCUT2D eigenvalue weighted by molar-refractivity contribution is 5.91. The van der Waals surface area contributed by atoms with Crippen LogP contribution in [-0.4, -0.2) is 20.3 Å². The van der Waals surface area contributed by atoms with E-state index in [9.17, 15) is 18.8 Å². The summed E-state index contributed by atoms with van der Waals surface area (Å²) in [5, 5.41) is 6.62. The number of carbonyl (C=O) groups is 1. The molecule has 33 heavy (non-hydrogen) atoms. The third-order valence-electron chi connectivity index (χ3n) is 5.27. The van der Waals surface area contributed by atoms with Crippen molar-refractivity contribution in [1.29, 1.82) is 0 Å². The normalized spacial score (nSPS) is 11.7. The van der Waals surface area contributed by atoms with E-state index in [1.807, 2.05) is 36.4 Å². The van der Waals surface area contributed by atoms with E-state index in [1.54, 1.807) is 31.2 Å². The number of nitrogens with one attached hydrogen (secondary N) is 1. The second-order valence-corrected chi connectivity index (χ2v) is 7.42. The molecule has 1 heterocycles. The first kappa shape index (κ1) is 21.9. The van der Waals surface area contributed by atoms with Crippen LogP contribution >= 0.6 is 0 Å². The smallest absolute Gasteiger partial charge is 0.346 e. The Morgan fingerprint density at radius 2 is 1.55 bits per heavy atom. The fourth-order valence-electron chi connectivity index (χ4n) is 3.50. The van der Waals surface area contributed by atoms with Crippen molar-refractivity contribution in [2.45, 2.75) is 19.5 Å². The van der Waals surface area contributed by atoms with Crippen LogP contribution in [0.2, 0.25) is 0 Å². The van der Waals surface area contributed by atoms with Crippen molar-refractivity contribution in [1.82, 2.24) is 19.7 Å². The SMILES string of the molecule is C[C@H](c1ccccc1)n1c(=O)c(C(=O)NCc2ccccc2)nn(-c2ccccc2F)c1=O. The number of amides is 1. The number of hydrogen-bond acceptors (Lipinski definition) is 4. The third kappa shape index (κ3) is 4.50. The number of hydrogen-bond donors (Lipinski definition) is 1. The summed E-state index contributed by atoms with van der Waals surface area (Å²) in [7, 11) is 0. The van der Waals surface area contributed by atoms with Gasteiger partial charge in [0.2, 0.25) is 5.69 Å². The second kappa shape index (κ2) is 9.44. The van der Waals surface area contributed by atoms with Gasteiger partial charge in [0.1, 0.15) is 11.5 Å². The van der Waals surface area contributed by atoms with Crippen LogP contribution in [0.25, 0.3) is 5.69 Å². The predicted molar refractivity (Wildman–Crippen MR) is 122 cm³/mol. The monoisotopic (exact) mass is 444 g/mol. The van der Waals surface area contributed by atoms with E-state index in [1.165, 1.54) is 24.3 Å². The zero-order valence-electron chi connectivity index (χ0n) is 17.8. The van der Waals surface area contributed by atoms with Crippen molar-refractivity contribution < 1.29 is 9.18 Å². The van der Waals surface area contributed by atoms with Gasteiger partial charge in [0, 0.05) is 6.54 Å². The van der Waals surface area contributed by atoms with E-state index in [0.717, 1.165) is 14.8 Å². The lowest BCUT2D eigenvalue weighted by Crippen LogP contribution is -2.47. The fourth-order valence-corrected chi connectivity index (χ4v) is 3.50. The number of para-hydroxylation sites is 1. The molecule has 1 N–H and O–H groups in total. The van der Waals surface area contributed by atoms with Crippen molar-refractivity contribution in [2.75, 3.05) is 0 Å². The summed E-state index contributed by atoms with van der Waals surface area (Å²) in [6.07, 6.45) is 0. The standard InChI is InChI=1S/C25H21FN4O3/c1-17(19-12-6-3-7-13-19)29-24(32)22(23(31)27-16-18-10-4-2-5-11-18)28-30(25(29)33)21-15-9-8-14-20(21)26/h2-15,17H,16H2,1H3,(H,27,31)/t17-/m1/s1. The average molecular weight is 444 g/mol. The maximum absolute atomic E-state index is 14.5. The minimum Gasteiger partial charge on any atom is -0.346 e. The minimum absolute atomic E-state index is 0.159. The minimum atomic E-state index is -0.852. The van der Waals surface area contributed by atoms with Crippen molar-refractivity contribution in [2.24, 2.45) is 0 Å². The van der Waals surface area contributed by atoms with E-state index < -0.39 is 34.7 Å². The predicted octanol–water partition coefficient (Wildman–Crippen LogP) is 3.07. The molecule has 4 rings (SSSR count). The Kier molecular flexibility index (Phi) is 6.26. The molecule has 8 heteroatoms. The van der Waals surface area contributed by atoms with Gasteiger partial charge in [-0.25, -0.2) is 13.8 Å². The molecule has 1 aromatic heterocycles. The molecular weight excluding hydrogens is 423 g/mol. The quantitative estimate of drug-likeness (QED) is 0.495. The maximum Gasteiger partial charge on any atom is 0.352 e. The lowest BCUT2D eigenvalue weighted by atomic mass is 10.1. The van der Waals surface area contributed by atoms with Gasteiger partial charge in [0.25, 0.3) is 11.5 Å². The molecule has 0 aliphatic heterocycles. The van der Waals surface area contributed by atoms with Gasteiger partial charge in [-0.3, -0.25) is 9.59 Å². The lowest BCUT2D eigenvalue weighted by Gasteiger charge is -2.18. The Labute approximate surface area is 188 Å². The molecule has 0 spiro atoms. The number of halogens is 1. The zero-order valence-corrected chi connectivity index (χ0v) is 17.8. The van der Waals surface area contributed by atoms with E-state index in [2.05, 4.69) is 10.4 Å². The van der Waals surface area contributed by atoms with Crippen LogP contribution in [0.15, 0.2) is 94.5 Å². The largest absolute Gasteiger partial charge is 0.352 e. The molecule has 0 bridgehead atoms. The lowest BCUT2D eigenvalue weighted by molar-refractivity contribution is 0.0940. The molecule has 1 amide bonds. The first-order chi connectivity index (χ1) is 16.0. The molecule has 7 nitrogen and oxygen atoms in total. The van der Waals surface area contributed by atoms with Crippen LogP contribution < -0.4 is 16.6 Å². The number of carbonyl (C=O) groups excluding carboxylic acids is 1. The van der Waals surface area contributed by atoms with Gasteiger partial charge in [-0.05, 0) is 30.2 Å². The molecule has 0 saturated heterocycles. The molecule has 3 aromatic carbocycles. The van der Waals surface area contributed by atoms with Gasteiger partial charge in [-0.15, -0.1) is 0 Å². The highest BCUT2D eigenvalue weighted by Gasteiger charge is 2.24. The van der Waals surface area contributed by atoms with Crippen LogP contribution in [0.5, 0.6) is 0 Å². The topological polar surface area (TPSA) is 86.0 Å². The summed E-state index contributed by atoms with van der Waals surface area (Å²) in [4.78, 5) is 39.5. The molecule has 1 atom stereocenters. The van der Waals surface area contributed by atoms with Crippen molar-refractivity contribution in [3.8, 4) is 5.69 Å². The Morgan fingerprint density at radius 3 is 2.21 bits per heavy atom. The molecule has 0 aliphatic rings. The van der Waals surface area contributed by atoms with E-state index in [-0.39, 0.29) is 12.2 Å². The molecule has 166 valence electrons. The van der Waals surface area contributed by atoms with Gasteiger partial charge in [0.05, 0.1) is 6.04 Å². The summed E-state index contributed by atoms with van der Waals surface area (Å²) in [6, 6.07) is 22.9. The Balaban J connectivity index is 1.85. The maximum atomic E-state index is 14.5. The highest BCUT2D eigenvalue weighted by atomic mass is 19.1.